The molecule has 2 fully saturated rings. The van der Waals surface area contributed by atoms with E-state index >= 15 is 0 Å². The summed E-state index contributed by atoms with van der Waals surface area (Å²) < 4.78 is 0. The number of hydrogen-bond donors (Lipinski definition) is 1. The highest BCUT2D eigenvalue weighted by molar-refractivity contribution is 5.80. The summed E-state index contributed by atoms with van der Waals surface area (Å²) in [4.78, 5) is 14.0. The molecule has 1 aliphatic heterocycles. The molecule has 2 rings (SSSR count). The minimum Gasteiger partial charge on any atom is -0.356 e. The van der Waals surface area contributed by atoms with Crippen LogP contribution in [0.3, 0.4) is 0 Å². The van der Waals surface area contributed by atoms with E-state index in [0.717, 1.165) is 25.8 Å². The molecule has 17 heavy (non-hydrogen) atoms. The van der Waals surface area contributed by atoms with Crippen molar-refractivity contribution in [2.75, 3.05) is 26.2 Å². The third-order valence-electron chi connectivity index (χ3n) is 3.85. The van der Waals surface area contributed by atoms with E-state index in [1.807, 2.05) is 0 Å². The van der Waals surface area contributed by atoms with Gasteiger partial charge in [-0.1, -0.05) is 12.8 Å². The molecule has 0 bridgehead atoms. The molecule has 1 saturated carbocycles. The van der Waals surface area contributed by atoms with E-state index in [2.05, 4.69) is 10.2 Å². The number of piperidine rings is 1. The van der Waals surface area contributed by atoms with Crippen LogP contribution in [0, 0.1) is 5.92 Å². The lowest BCUT2D eigenvalue weighted by atomic mass is 10.1. The molecule has 0 unspecified atom stereocenters. The summed E-state index contributed by atoms with van der Waals surface area (Å²) in [6.45, 7) is 4.75. The molecule has 1 aliphatic carbocycles. The van der Waals surface area contributed by atoms with Gasteiger partial charge in [-0.05, 0) is 58.2 Å². The number of carbonyl (C=O) groups is 1. The van der Waals surface area contributed by atoms with Gasteiger partial charge in [-0.15, -0.1) is 0 Å². The summed E-state index contributed by atoms with van der Waals surface area (Å²) in [5.74, 6) is 0.657. The average molecular weight is 238 g/mol. The Balaban J connectivity index is 1.39. The van der Waals surface area contributed by atoms with E-state index in [1.54, 1.807) is 0 Å². The van der Waals surface area contributed by atoms with E-state index in [9.17, 15) is 4.79 Å². The monoisotopic (exact) mass is 238 g/mol. The van der Waals surface area contributed by atoms with Crippen LogP contribution in [0.2, 0.25) is 0 Å². The molecule has 1 N–H and O–H groups in total. The lowest BCUT2D eigenvalue weighted by Crippen LogP contribution is -2.30. The maximum atomic E-state index is 11.4. The molecule has 3 heteroatoms. The van der Waals surface area contributed by atoms with Crippen molar-refractivity contribution in [2.45, 2.75) is 51.4 Å². The molecule has 0 spiro atoms. The van der Waals surface area contributed by atoms with Gasteiger partial charge in [0, 0.05) is 12.5 Å². The van der Waals surface area contributed by atoms with Crippen LogP contribution in [0.1, 0.15) is 51.4 Å². The van der Waals surface area contributed by atoms with Crippen LogP contribution in [0.25, 0.3) is 0 Å². The fourth-order valence-electron chi connectivity index (χ4n) is 2.52. The minimum absolute atomic E-state index is 0.293. The second kappa shape index (κ2) is 7.00. The predicted molar refractivity (Wildman–Crippen MR) is 69.9 cm³/mol. The number of hydrogen-bond acceptors (Lipinski definition) is 2. The molecule has 0 aromatic rings. The maximum Gasteiger partial charge on any atom is 0.223 e. The van der Waals surface area contributed by atoms with Crippen molar-refractivity contribution in [2.24, 2.45) is 5.92 Å². The summed E-state index contributed by atoms with van der Waals surface area (Å²) in [7, 11) is 0. The van der Waals surface area contributed by atoms with Crippen LogP contribution in [0.4, 0.5) is 0 Å². The molecule has 0 atom stereocenters. The quantitative estimate of drug-likeness (QED) is 0.689. The van der Waals surface area contributed by atoms with E-state index in [-0.39, 0.29) is 0 Å². The van der Waals surface area contributed by atoms with Gasteiger partial charge in [-0.25, -0.2) is 0 Å². The Kier molecular flexibility index (Phi) is 5.30. The number of unbranched alkanes of at least 4 members (excludes halogenated alkanes) is 2. The summed E-state index contributed by atoms with van der Waals surface area (Å²) in [5.41, 5.74) is 0. The zero-order chi connectivity index (χ0) is 11.9. The van der Waals surface area contributed by atoms with E-state index in [4.69, 9.17) is 0 Å². The van der Waals surface area contributed by atoms with Crippen LogP contribution in [-0.4, -0.2) is 37.0 Å². The molecule has 1 saturated heterocycles. The Bertz CT molecular complexity index is 232. The van der Waals surface area contributed by atoms with Crippen molar-refractivity contribution in [3.8, 4) is 0 Å². The van der Waals surface area contributed by atoms with Crippen molar-refractivity contribution in [1.29, 1.82) is 0 Å². The first kappa shape index (κ1) is 12.9. The van der Waals surface area contributed by atoms with Gasteiger partial charge >= 0.3 is 0 Å². The average Bonchev–Trinajstić information content (AvgIpc) is 3.19. The second-order valence-corrected chi connectivity index (χ2v) is 5.53. The molecule has 1 amide bonds. The number of nitrogens with one attached hydrogen (secondary N) is 1. The fraction of sp³-hybridized carbons (Fsp3) is 0.929. The van der Waals surface area contributed by atoms with Gasteiger partial charge in [-0.2, -0.15) is 0 Å². The Morgan fingerprint density at radius 3 is 2.53 bits per heavy atom. The summed E-state index contributed by atoms with van der Waals surface area (Å²) in [6, 6.07) is 0. The van der Waals surface area contributed by atoms with Crippen LogP contribution >= 0.6 is 0 Å². The van der Waals surface area contributed by atoms with E-state index in [0.29, 0.717) is 11.8 Å². The molecule has 0 radical (unpaired) electrons. The minimum atomic E-state index is 0.293. The predicted octanol–water partition coefficient (Wildman–Crippen LogP) is 2.17. The van der Waals surface area contributed by atoms with Crippen molar-refractivity contribution >= 4 is 5.91 Å². The number of nitrogens with zero attached hydrogens (tertiary/aromatic N) is 1. The van der Waals surface area contributed by atoms with Gasteiger partial charge in [0.05, 0.1) is 0 Å². The molecule has 1 heterocycles. The largest absolute Gasteiger partial charge is 0.356 e. The summed E-state index contributed by atoms with van der Waals surface area (Å²) in [5, 5.41) is 3.03. The van der Waals surface area contributed by atoms with E-state index in [1.165, 1.54) is 51.7 Å². The number of likely N-dealkylation sites (tertiary alicyclic amines) is 1. The lowest BCUT2D eigenvalue weighted by molar-refractivity contribution is -0.122. The van der Waals surface area contributed by atoms with Crippen LogP contribution in [0.15, 0.2) is 0 Å². The Labute approximate surface area is 105 Å². The van der Waals surface area contributed by atoms with Gasteiger partial charge in [0.25, 0.3) is 0 Å². The van der Waals surface area contributed by atoms with Gasteiger partial charge in [0.15, 0.2) is 0 Å². The third-order valence-corrected chi connectivity index (χ3v) is 3.85. The molecular weight excluding hydrogens is 212 g/mol. The number of rotatable bonds is 7. The molecule has 98 valence electrons. The molecule has 3 nitrogen and oxygen atoms in total. The molecule has 0 aromatic heterocycles. The van der Waals surface area contributed by atoms with Crippen molar-refractivity contribution in [3.63, 3.8) is 0 Å². The number of carbonyl (C=O) groups excluding carboxylic acids is 1. The fourth-order valence-corrected chi connectivity index (χ4v) is 2.52. The second-order valence-electron chi connectivity index (χ2n) is 5.53. The van der Waals surface area contributed by atoms with Crippen molar-refractivity contribution in [1.82, 2.24) is 10.2 Å². The zero-order valence-corrected chi connectivity index (χ0v) is 10.9. The normalized spacial score (nSPS) is 21.4. The molecule has 2 aliphatic rings. The SMILES string of the molecule is O=C(NCCCCCN1CCCCC1)C1CC1. The van der Waals surface area contributed by atoms with Crippen LogP contribution in [-0.2, 0) is 4.79 Å². The first-order chi connectivity index (χ1) is 8.36. The highest BCUT2D eigenvalue weighted by atomic mass is 16.2. The van der Waals surface area contributed by atoms with Crippen LogP contribution < -0.4 is 5.32 Å². The molecule has 0 aromatic carbocycles. The summed E-state index contributed by atoms with van der Waals surface area (Å²) in [6.07, 6.45) is 10.1. The van der Waals surface area contributed by atoms with Crippen molar-refractivity contribution < 1.29 is 4.79 Å². The standard InChI is InChI=1S/C14H26N2O/c17-14(13-7-8-13)15-9-3-1-4-10-16-11-5-2-6-12-16/h13H,1-12H2,(H,15,17). The zero-order valence-electron chi connectivity index (χ0n) is 10.9. The third kappa shape index (κ3) is 5.07. The number of amides is 1. The Morgan fingerprint density at radius 1 is 1.06 bits per heavy atom. The van der Waals surface area contributed by atoms with Crippen molar-refractivity contribution in [3.05, 3.63) is 0 Å². The first-order valence-corrected chi connectivity index (χ1v) is 7.36. The highest BCUT2D eigenvalue weighted by Crippen LogP contribution is 2.28. The van der Waals surface area contributed by atoms with Gasteiger partial charge < -0.3 is 10.2 Å². The van der Waals surface area contributed by atoms with Gasteiger partial charge in [0.2, 0.25) is 5.91 Å². The topological polar surface area (TPSA) is 32.3 Å². The highest BCUT2D eigenvalue weighted by Gasteiger charge is 2.28. The lowest BCUT2D eigenvalue weighted by Gasteiger charge is -2.26. The first-order valence-electron chi connectivity index (χ1n) is 7.36. The molecular formula is C14H26N2O. The van der Waals surface area contributed by atoms with Gasteiger partial charge in [0.1, 0.15) is 0 Å². The van der Waals surface area contributed by atoms with Gasteiger partial charge in [-0.3, -0.25) is 4.79 Å². The summed E-state index contributed by atoms with van der Waals surface area (Å²) >= 11 is 0. The van der Waals surface area contributed by atoms with E-state index < -0.39 is 0 Å². The van der Waals surface area contributed by atoms with Crippen LogP contribution in [0.5, 0.6) is 0 Å². The Hall–Kier alpha value is -0.570. The smallest absolute Gasteiger partial charge is 0.223 e. The Morgan fingerprint density at radius 2 is 1.82 bits per heavy atom. The maximum absolute atomic E-state index is 11.4.